The Bertz CT molecular complexity index is 252. The molecule has 0 aliphatic heterocycles. The molecule has 0 spiro atoms. The first-order valence-electron chi connectivity index (χ1n) is 5.63. The Balaban J connectivity index is 4.05. The molecule has 2 atom stereocenters. The summed E-state index contributed by atoms with van der Waals surface area (Å²) < 4.78 is 26.1. The predicted molar refractivity (Wildman–Crippen MR) is 64.4 cm³/mol. The Morgan fingerprint density at radius 1 is 1.13 bits per heavy atom. The normalized spacial score (nSPS) is 16.3. The molecule has 0 heterocycles. The molecule has 0 fully saturated rings. The number of nitrogens with one attached hydrogen (secondary N) is 2. The van der Waals surface area contributed by atoms with E-state index in [4.69, 9.17) is 0 Å². The van der Waals surface area contributed by atoms with Crippen molar-refractivity contribution in [2.75, 3.05) is 19.6 Å². The van der Waals surface area contributed by atoms with Crippen LogP contribution in [-0.4, -0.2) is 33.3 Å². The fraction of sp³-hybridized carbons (Fsp3) is 1.00. The zero-order valence-corrected chi connectivity index (χ0v) is 11.0. The van der Waals surface area contributed by atoms with Crippen molar-refractivity contribution in [2.45, 2.75) is 39.4 Å². The van der Waals surface area contributed by atoms with Crippen molar-refractivity contribution in [2.24, 2.45) is 5.92 Å². The molecule has 15 heavy (non-hydrogen) atoms. The molecule has 4 nitrogen and oxygen atoms in total. The first kappa shape index (κ1) is 14.9. The van der Waals surface area contributed by atoms with Crippen molar-refractivity contribution >= 4 is 10.0 Å². The summed E-state index contributed by atoms with van der Waals surface area (Å²) in [4.78, 5) is 0. The van der Waals surface area contributed by atoms with Gasteiger partial charge >= 0.3 is 0 Å². The van der Waals surface area contributed by atoms with Crippen molar-refractivity contribution in [1.29, 1.82) is 0 Å². The van der Waals surface area contributed by atoms with Gasteiger partial charge in [-0.05, 0) is 19.4 Å². The Morgan fingerprint density at radius 3 is 2.20 bits per heavy atom. The average Bonchev–Trinajstić information content (AvgIpc) is 2.22. The summed E-state index contributed by atoms with van der Waals surface area (Å²) in [6, 6.07) is 0. The molecule has 5 heteroatoms. The van der Waals surface area contributed by atoms with Crippen LogP contribution in [0.5, 0.6) is 0 Å². The fourth-order valence-electron chi connectivity index (χ4n) is 1.00. The summed E-state index contributed by atoms with van der Waals surface area (Å²) >= 11 is 0. The third kappa shape index (κ3) is 6.12. The summed E-state index contributed by atoms with van der Waals surface area (Å²) in [5.41, 5.74) is 0. The minimum absolute atomic E-state index is 0.374. The van der Waals surface area contributed by atoms with Crippen LogP contribution in [0.3, 0.4) is 0 Å². The molecule has 2 unspecified atom stereocenters. The number of hydrogen-bond donors (Lipinski definition) is 2. The average molecular weight is 236 g/mol. The zero-order valence-electron chi connectivity index (χ0n) is 10.2. The summed E-state index contributed by atoms with van der Waals surface area (Å²) in [7, 11) is -3.15. The molecule has 0 saturated heterocycles. The van der Waals surface area contributed by atoms with Gasteiger partial charge in [0.25, 0.3) is 0 Å². The smallest absolute Gasteiger partial charge is 0.215 e. The molecule has 0 saturated carbocycles. The summed E-state index contributed by atoms with van der Waals surface area (Å²) in [6.07, 6.45) is 0.990. The van der Waals surface area contributed by atoms with E-state index in [1.165, 1.54) is 0 Å². The highest BCUT2D eigenvalue weighted by Gasteiger charge is 2.19. The zero-order chi connectivity index (χ0) is 11.9. The van der Waals surface area contributed by atoms with Gasteiger partial charge in [-0.2, -0.15) is 0 Å². The molecule has 0 aromatic rings. The lowest BCUT2D eigenvalue weighted by atomic mass is 10.1. The maximum absolute atomic E-state index is 11.7. The van der Waals surface area contributed by atoms with Crippen molar-refractivity contribution < 1.29 is 8.42 Å². The molecule has 0 radical (unpaired) electrons. The third-order valence-electron chi connectivity index (χ3n) is 2.54. The minimum Gasteiger partial charge on any atom is -0.316 e. The van der Waals surface area contributed by atoms with Crippen LogP contribution >= 0.6 is 0 Å². The Labute approximate surface area is 93.9 Å². The lowest BCUT2D eigenvalue weighted by molar-refractivity contribution is 0.519. The van der Waals surface area contributed by atoms with Crippen molar-refractivity contribution in [3.05, 3.63) is 0 Å². The topological polar surface area (TPSA) is 58.2 Å². The van der Waals surface area contributed by atoms with Crippen LogP contribution < -0.4 is 10.0 Å². The van der Waals surface area contributed by atoms with Crippen molar-refractivity contribution in [3.8, 4) is 0 Å². The van der Waals surface area contributed by atoms with Crippen molar-refractivity contribution in [1.82, 2.24) is 10.0 Å². The highest BCUT2D eigenvalue weighted by Crippen LogP contribution is 2.02. The third-order valence-corrected chi connectivity index (χ3v) is 4.34. The van der Waals surface area contributed by atoms with Gasteiger partial charge in [-0.1, -0.05) is 27.2 Å². The molecule has 0 amide bonds. The largest absolute Gasteiger partial charge is 0.316 e. The van der Waals surface area contributed by atoms with E-state index in [9.17, 15) is 8.42 Å². The van der Waals surface area contributed by atoms with E-state index in [-0.39, 0.29) is 5.25 Å². The second-order valence-corrected chi connectivity index (χ2v) is 6.21. The summed E-state index contributed by atoms with van der Waals surface area (Å²) in [5, 5.41) is 2.66. The first-order valence-corrected chi connectivity index (χ1v) is 7.17. The van der Waals surface area contributed by atoms with Gasteiger partial charge in [-0.25, -0.2) is 13.1 Å². The van der Waals surface area contributed by atoms with E-state index < -0.39 is 10.0 Å². The fourth-order valence-corrected chi connectivity index (χ4v) is 2.14. The molecule has 92 valence electrons. The van der Waals surface area contributed by atoms with Gasteiger partial charge in [0, 0.05) is 13.1 Å². The molecule has 0 aliphatic rings. The van der Waals surface area contributed by atoms with Crippen LogP contribution in [0.25, 0.3) is 0 Å². The van der Waals surface area contributed by atoms with Gasteiger partial charge in [-0.3, -0.25) is 0 Å². The van der Waals surface area contributed by atoms with E-state index in [1.807, 2.05) is 13.8 Å². The highest BCUT2D eigenvalue weighted by atomic mass is 32.2. The second-order valence-electron chi connectivity index (χ2n) is 4.03. The molecular weight excluding hydrogens is 212 g/mol. The number of sulfonamides is 1. The summed E-state index contributed by atoms with van der Waals surface area (Å²) in [5.74, 6) is 0.395. The van der Waals surface area contributed by atoms with E-state index in [2.05, 4.69) is 17.0 Å². The molecule has 2 N–H and O–H groups in total. The Morgan fingerprint density at radius 2 is 1.73 bits per heavy atom. The maximum atomic E-state index is 11.7. The van der Waals surface area contributed by atoms with Crippen LogP contribution in [0, 0.1) is 5.92 Å². The van der Waals surface area contributed by atoms with Crippen LogP contribution in [0.4, 0.5) is 0 Å². The molecule has 0 aliphatic carbocycles. The van der Waals surface area contributed by atoms with Gasteiger partial charge in [0.15, 0.2) is 0 Å². The van der Waals surface area contributed by atoms with E-state index in [0.717, 1.165) is 13.0 Å². The molecular formula is C10H24N2O2S. The van der Waals surface area contributed by atoms with Crippen LogP contribution in [0.1, 0.15) is 34.1 Å². The summed E-state index contributed by atoms with van der Waals surface area (Å²) in [6.45, 7) is 9.62. The second kappa shape index (κ2) is 7.19. The highest BCUT2D eigenvalue weighted by molar-refractivity contribution is 7.90. The van der Waals surface area contributed by atoms with Gasteiger partial charge in [0.1, 0.15) is 0 Å². The molecule has 0 aromatic heterocycles. The number of hydrogen-bond acceptors (Lipinski definition) is 3. The van der Waals surface area contributed by atoms with Gasteiger partial charge in [-0.15, -0.1) is 0 Å². The predicted octanol–water partition coefficient (Wildman–Crippen LogP) is 0.950. The maximum Gasteiger partial charge on any atom is 0.215 e. The van der Waals surface area contributed by atoms with E-state index >= 15 is 0 Å². The lowest BCUT2D eigenvalue weighted by Crippen LogP contribution is -2.40. The quantitative estimate of drug-likeness (QED) is 0.660. The van der Waals surface area contributed by atoms with E-state index in [0.29, 0.717) is 19.0 Å². The lowest BCUT2D eigenvalue weighted by Gasteiger charge is -2.16. The Kier molecular flexibility index (Phi) is 7.13. The van der Waals surface area contributed by atoms with Crippen LogP contribution in [-0.2, 0) is 10.0 Å². The minimum atomic E-state index is -3.15. The number of rotatable bonds is 8. The standard InChI is InChI=1S/C10H24N2O2S/c1-5-9(3)7-12-15(13,14)10(4)8-11-6-2/h9-12H,5-8H2,1-4H3. The van der Waals surface area contributed by atoms with Gasteiger partial charge < -0.3 is 5.32 Å². The Hall–Kier alpha value is -0.130. The molecule has 0 bridgehead atoms. The SMILES string of the molecule is CCNCC(C)S(=O)(=O)NCC(C)CC. The molecule has 0 rings (SSSR count). The molecule has 0 aromatic carbocycles. The van der Waals surface area contributed by atoms with E-state index in [1.54, 1.807) is 6.92 Å². The van der Waals surface area contributed by atoms with Gasteiger partial charge in [0.2, 0.25) is 10.0 Å². The monoisotopic (exact) mass is 236 g/mol. The van der Waals surface area contributed by atoms with Crippen molar-refractivity contribution in [3.63, 3.8) is 0 Å². The van der Waals surface area contributed by atoms with Gasteiger partial charge in [0.05, 0.1) is 5.25 Å². The van der Waals surface area contributed by atoms with Crippen LogP contribution in [0.15, 0.2) is 0 Å². The van der Waals surface area contributed by atoms with Crippen LogP contribution in [0.2, 0.25) is 0 Å². The first-order chi connectivity index (χ1) is 6.94.